The molecule has 0 unspecified atom stereocenters. The van der Waals surface area contributed by atoms with Gasteiger partial charge >= 0.3 is 0 Å². The van der Waals surface area contributed by atoms with Gasteiger partial charge in [-0.05, 0) is 35.4 Å². The minimum absolute atomic E-state index is 0.0351. The molecule has 5 heteroatoms. The quantitative estimate of drug-likeness (QED) is 0.787. The summed E-state index contributed by atoms with van der Waals surface area (Å²) < 4.78 is 10.7. The maximum atomic E-state index is 12.1. The molecule has 1 amide bonds. The predicted molar refractivity (Wildman–Crippen MR) is 87.3 cm³/mol. The number of amides is 1. The van der Waals surface area contributed by atoms with E-state index in [0.29, 0.717) is 18.9 Å². The van der Waals surface area contributed by atoms with E-state index in [-0.39, 0.29) is 5.91 Å². The van der Waals surface area contributed by atoms with Gasteiger partial charge in [0.1, 0.15) is 11.3 Å². The summed E-state index contributed by atoms with van der Waals surface area (Å²) in [5.41, 5.74) is 3.46. The number of ether oxygens (including phenoxy) is 1. The van der Waals surface area contributed by atoms with Crippen molar-refractivity contribution in [1.29, 1.82) is 0 Å². The summed E-state index contributed by atoms with van der Waals surface area (Å²) in [6.07, 6.45) is 0.320. The zero-order valence-electron chi connectivity index (χ0n) is 13.1. The molecular weight excluding hydrogens is 292 g/mol. The Bertz CT molecular complexity index is 839. The van der Waals surface area contributed by atoms with Gasteiger partial charge in [-0.3, -0.25) is 4.79 Å². The second-order valence-corrected chi connectivity index (χ2v) is 5.34. The molecular formula is C18H18N2O3. The molecule has 1 N–H and O–H groups in total. The van der Waals surface area contributed by atoms with Crippen molar-refractivity contribution in [1.82, 2.24) is 10.3 Å². The molecule has 1 heterocycles. The first-order chi connectivity index (χ1) is 11.1. The number of nitrogens with one attached hydrogen (secondary N) is 1. The van der Waals surface area contributed by atoms with Crippen LogP contribution in [0, 0.1) is 6.92 Å². The van der Waals surface area contributed by atoms with Gasteiger partial charge in [-0.1, -0.05) is 18.2 Å². The fourth-order valence-electron chi connectivity index (χ4n) is 2.43. The van der Waals surface area contributed by atoms with E-state index in [9.17, 15) is 4.79 Å². The first kappa shape index (κ1) is 15.1. The van der Waals surface area contributed by atoms with Crippen molar-refractivity contribution in [2.75, 3.05) is 7.11 Å². The highest BCUT2D eigenvalue weighted by Crippen LogP contribution is 2.17. The Morgan fingerprint density at radius 1 is 1.22 bits per heavy atom. The number of hydrogen-bond acceptors (Lipinski definition) is 4. The smallest absolute Gasteiger partial charge is 0.224 e. The van der Waals surface area contributed by atoms with Crippen molar-refractivity contribution in [2.45, 2.75) is 19.9 Å². The number of oxazole rings is 1. The topological polar surface area (TPSA) is 64.4 Å². The van der Waals surface area contributed by atoms with Gasteiger partial charge in [-0.25, -0.2) is 4.98 Å². The third-order valence-electron chi connectivity index (χ3n) is 3.55. The van der Waals surface area contributed by atoms with Crippen LogP contribution in [-0.2, 0) is 17.8 Å². The van der Waals surface area contributed by atoms with Crippen LogP contribution in [0.4, 0.5) is 0 Å². The number of carbonyl (C=O) groups is 1. The van der Waals surface area contributed by atoms with E-state index in [2.05, 4.69) is 10.3 Å². The summed E-state index contributed by atoms with van der Waals surface area (Å²) in [7, 11) is 1.61. The molecule has 0 atom stereocenters. The molecule has 5 nitrogen and oxygen atoms in total. The number of benzene rings is 2. The predicted octanol–water partition coefficient (Wildman–Crippen LogP) is 3.00. The number of aryl methyl sites for hydroxylation is 1. The molecule has 2 aromatic carbocycles. The third-order valence-corrected chi connectivity index (χ3v) is 3.55. The van der Waals surface area contributed by atoms with Gasteiger partial charge in [0.15, 0.2) is 11.5 Å². The number of carbonyl (C=O) groups excluding carboxylic acids is 1. The number of rotatable bonds is 5. The highest BCUT2D eigenvalue weighted by molar-refractivity contribution is 5.79. The van der Waals surface area contributed by atoms with Crippen LogP contribution >= 0.6 is 0 Å². The molecule has 0 saturated heterocycles. The monoisotopic (exact) mass is 310 g/mol. The summed E-state index contributed by atoms with van der Waals surface area (Å²) in [4.78, 5) is 16.3. The summed E-state index contributed by atoms with van der Waals surface area (Å²) in [6, 6.07) is 13.2. The average molecular weight is 310 g/mol. The van der Waals surface area contributed by atoms with Crippen molar-refractivity contribution in [3.8, 4) is 5.75 Å². The van der Waals surface area contributed by atoms with Crippen LogP contribution in [0.25, 0.3) is 11.1 Å². The molecule has 3 aromatic rings. The first-order valence-corrected chi connectivity index (χ1v) is 7.40. The fraction of sp³-hybridized carbons (Fsp3) is 0.222. The minimum atomic E-state index is -0.0351. The Balaban J connectivity index is 1.61. The van der Waals surface area contributed by atoms with Crippen molar-refractivity contribution in [2.24, 2.45) is 0 Å². The molecule has 1 aromatic heterocycles. The van der Waals surface area contributed by atoms with Gasteiger partial charge in [0.25, 0.3) is 0 Å². The van der Waals surface area contributed by atoms with Crippen LogP contribution in [0.3, 0.4) is 0 Å². The molecule has 0 spiro atoms. The van der Waals surface area contributed by atoms with Crippen LogP contribution in [0.15, 0.2) is 46.9 Å². The average Bonchev–Trinajstić information content (AvgIpc) is 2.92. The number of aromatic nitrogens is 1. The van der Waals surface area contributed by atoms with E-state index < -0.39 is 0 Å². The molecule has 23 heavy (non-hydrogen) atoms. The normalized spacial score (nSPS) is 10.7. The van der Waals surface area contributed by atoms with Crippen molar-refractivity contribution in [3.05, 3.63) is 59.5 Å². The Kier molecular flexibility index (Phi) is 4.28. The number of fused-ring (bicyclic) bond motifs is 1. The van der Waals surface area contributed by atoms with Crippen molar-refractivity contribution < 1.29 is 13.9 Å². The van der Waals surface area contributed by atoms with E-state index >= 15 is 0 Å². The zero-order chi connectivity index (χ0) is 16.2. The van der Waals surface area contributed by atoms with Crippen molar-refractivity contribution >= 4 is 17.0 Å². The zero-order valence-corrected chi connectivity index (χ0v) is 13.1. The lowest BCUT2D eigenvalue weighted by molar-refractivity contribution is -0.120. The van der Waals surface area contributed by atoms with Crippen LogP contribution < -0.4 is 10.1 Å². The van der Waals surface area contributed by atoms with E-state index in [4.69, 9.17) is 9.15 Å². The van der Waals surface area contributed by atoms with Crippen molar-refractivity contribution in [3.63, 3.8) is 0 Å². The molecule has 118 valence electrons. The van der Waals surface area contributed by atoms with Gasteiger partial charge in [0.2, 0.25) is 5.91 Å². The van der Waals surface area contributed by atoms with Gasteiger partial charge in [0, 0.05) is 13.5 Å². The Labute approximate surface area is 134 Å². The molecule has 0 fully saturated rings. The van der Waals surface area contributed by atoms with Gasteiger partial charge < -0.3 is 14.5 Å². The molecule has 3 rings (SSSR count). The number of hydrogen-bond donors (Lipinski definition) is 1. The lowest BCUT2D eigenvalue weighted by atomic mass is 10.1. The van der Waals surface area contributed by atoms with E-state index in [1.54, 1.807) is 7.11 Å². The van der Waals surface area contributed by atoms with Gasteiger partial charge in [-0.2, -0.15) is 0 Å². The van der Waals surface area contributed by atoms with E-state index in [1.165, 1.54) is 0 Å². The van der Waals surface area contributed by atoms with Crippen LogP contribution in [0.2, 0.25) is 0 Å². The fourth-order valence-corrected chi connectivity index (χ4v) is 2.43. The Hall–Kier alpha value is -2.82. The molecule has 0 aliphatic heterocycles. The minimum Gasteiger partial charge on any atom is -0.497 e. The summed E-state index contributed by atoms with van der Waals surface area (Å²) in [5.74, 6) is 1.35. The lowest BCUT2D eigenvalue weighted by Crippen LogP contribution is -2.24. The Morgan fingerprint density at radius 2 is 2.09 bits per heavy atom. The van der Waals surface area contributed by atoms with Crippen LogP contribution in [0.1, 0.15) is 17.0 Å². The molecule has 0 aliphatic carbocycles. The second kappa shape index (κ2) is 6.52. The maximum absolute atomic E-state index is 12.1. The maximum Gasteiger partial charge on any atom is 0.224 e. The Morgan fingerprint density at radius 3 is 2.91 bits per heavy atom. The summed E-state index contributed by atoms with van der Waals surface area (Å²) in [6.45, 7) is 2.27. The molecule has 0 saturated carbocycles. The third kappa shape index (κ3) is 3.69. The molecule has 0 radical (unpaired) electrons. The summed E-state index contributed by atoms with van der Waals surface area (Å²) >= 11 is 0. The largest absolute Gasteiger partial charge is 0.497 e. The van der Waals surface area contributed by atoms with Gasteiger partial charge in [0.05, 0.1) is 13.5 Å². The number of methoxy groups -OCH3 is 1. The highest BCUT2D eigenvalue weighted by atomic mass is 16.5. The van der Waals surface area contributed by atoms with Gasteiger partial charge in [-0.15, -0.1) is 0 Å². The lowest BCUT2D eigenvalue weighted by Gasteiger charge is -2.07. The first-order valence-electron chi connectivity index (χ1n) is 7.40. The molecule has 0 aliphatic rings. The molecule has 0 bridgehead atoms. The second-order valence-electron chi connectivity index (χ2n) is 5.34. The van der Waals surface area contributed by atoms with E-state index in [0.717, 1.165) is 28.0 Å². The van der Waals surface area contributed by atoms with Crippen LogP contribution in [-0.4, -0.2) is 18.0 Å². The standard InChI is InChI=1S/C18H18N2O3/c1-12-20-16-7-6-14(9-17(16)23-12)11-19-18(21)10-13-4-3-5-15(8-13)22-2/h3-9H,10-11H2,1-2H3,(H,19,21). The van der Waals surface area contributed by atoms with E-state index in [1.807, 2.05) is 49.4 Å². The summed E-state index contributed by atoms with van der Waals surface area (Å²) in [5, 5.41) is 2.91. The number of nitrogens with zero attached hydrogens (tertiary/aromatic N) is 1. The highest BCUT2D eigenvalue weighted by Gasteiger charge is 2.06. The van der Waals surface area contributed by atoms with Crippen LogP contribution in [0.5, 0.6) is 5.75 Å². The SMILES string of the molecule is COc1cccc(CC(=O)NCc2ccc3nc(C)oc3c2)c1.